The number of aryl methyl sites for hydroxylation is 2. The Kier molecular flexibility index (Phi) is 5.59. The summed E-state index contributed by atoms with van der Waals surface area (Å²) in [6, 6.07) is 3.79. The number of rotatable bonds is 6. The van der Waals surface area contributed by atoms with E-state index < -0.39 is 10.0 Å². The monoisotopic (exact) mass is 298 g/mol. The lowest BCUT2D eigenvalue weighted by Gasteiger charge is -2.22. The minimum Gasteiger partial charge on any atom is -0.385 e. The van der Waals surface area contributed by atoms with Crippen LogP contribution in [0.3, 0.4) is 0 Å². The molecule has 0 unspecified atom stereocenters. The van der Waals surface area contributed by atoms with E-state index >= 15 is 0 Å². The molecule has 114 valence electrons. The molecule has 0 atom stereocenters. The van der Waals surface area contributed by atoms with Gasteiger partial charge in [0.05, 0.1) is 4.90 Å². The van der Waals surface area contributed by atoms with Crippen molar-refractivity contribution in [3.8, 4) is 0 Å². The highest BCUT2D eigenvalue weighted by Gasteiger charge is 2.25. The maximum absolute atomic E-state index is 12.7. The fraction of sp³-hybridized carbons (Fsp3) is 0.600. The number of hydrogen-bond acceptors (Lipinski definition) is 3. The predicted molar refractivity (Wildman–Crippen MR) is 84.7 cm³/mol. The number of nitrogens with one attached hydrogen (secondary N) is 1. The summed E-state index contributed by atoms with van der Waals surface area (Å²) in [5.41, 5.74) is 2.54. The van der Waals surface area contributed by atoms with E-state index in [1.807, 2.05) is 46.8 Å². The highest BCUT2D eigenvalue weighted by atomic mass is 32.2. The van der Waals surface area contributed by atoms with Crippen molar-refractivity contribution in [1.82, 2.24) is 4.31 Å². The lowest BCUT2D eigenvalue weighted by Crippen LogP contribution is -2.31. The van der Waals surface area contributed by atoms with Crippen LogP contribution in [0.1, 0.15) is 31.9 Å². The predicted octanol–water partition coefficient (Wildman–Crippen LogP) is 3.01. The van der Waals surface area contributed by atoms with Gasteiger partial charge in [0, 0.05) is 25.8 Å². The average Bonchev–Trinajstić information content (AvgIpc) is 2.26. The van der Waals surface area contributed by atoms with Gasteiger partial charge in [0.15, 0.2) is 0 Å². The lowest BCUT2D eigenvalue weighted by molar-refractivity contribution is 0.416. The largest absolute Gasteiger partial charge is 0.385 e. The Labute approximate surface area is 123 Å². The van der Waals surface area contributed by atoms with Gasteiger partial charge in [0.25, 0.3) is 0 Å². The number of sulfonamides is 1. The van der Waals surface area contributed by atoms with E-state index in [2.05, 4.69) is 5.32 Å². The molecule has 1 aromatic rings. The maximum atomic E-state index is 12.7. The van der Waals surface area contributed by atoms with Crippen molar-refractivity contribution in [3.05, 3.63) is 23.3 Å². The molecule has 0 spiro atoms. The van der Waals surface area contributed by atoms with E-state index in [1.165, 1.54) is 4.31 Å². The second-order valence-corrected chi connectivity index (χ2v) is 7.63. The normalized spacial score (nSPS) is 12.2. The molecule has 0 aliphatic heterocycles. The minimum absolute atomic E-state index is 0.302. The molecule has 20 heavy (non-hydrogen) atoms. The van der Waals surface area contributed by atoms with Crippen LogP contribution in [0, 0.1) is 19.8 Å². The quantitative estimate of drug-likeness (QED) is 0.878. The van der Waals surface area contributed by atoms with Crippen molar-refractivity contribution in [1.29, 1.82) is 0 Å². The molecule has 0 bridgehead atoms. The van der Waals surface area contributed by atoms with E-state index in [-0.39, 0.29) is 0 Å². The number of anilines is 1. The Morgan fingerprint density at radius 3 is 2.10 bits per heavy atom. The zero-order valence-corrected chi connectivity index (χ0v) is 14.1. The molecule has 0 saturated heterocycles. The van der Waals surface area contributed by atoms with Gasteiger partial charge in [0.1, 0.15) is 0 Å². The van der Waals surface area contributed by atoms with Gasteiger partial charge in [-0.15, -0.1) is 0 Å². The van der Waals surface area contributed by atoms with Gasteiger partial charge in [-0.2, -0.15) is 0 Å². The summed E-state index contributed by atoms with van der Waals surface area (Å²) in [6.45, 7) is 11.1. The Balaban J connectivity index is 3.25. The molecule has 1 aromatic carbocycles. The van der Waals surface area contributed by atoms with E-state index in [1.54, 1.807) is 7.05 Å². The van der Waals surface area contributed by atoms with E-state index in [4.69, 9.17) is 0 Å². The lowest BCUT2D eigenvalue weighted by atomic mass is 10.1. The third kappa shape index (κ3) is 3.73. The van der Waals surface area contributed by atoms with Crippen LogP contribution in [0.5, 0.6) is 0 Å². The van der Waals surface area contributed by atoms with Crippen LogP contribution in [-0.2, 0) is 10.0 Å². The molecule has 0 aliphatic rings. The van der Waals surface area contributed by atoms with Gasteiger partial charge in [-0.05, 0) is 49.9 Å². The minimum atomic E-state index is -3.42. The zero-order chi connectivity index (χ0) is 15.5. The van der Waals surface area contributed by atoms with Crippen LogP contribution >= 0.6 is 0 Å². The fourth-order valence-electron chi connectivity index (χ4n) is 2.43. The van der Waals surface area contributed by atoms with Crippen molar-refractivity contribution in [2.45, 2.75) is 39.5 Å². The summed E-state index contributed by atoms with van der Waals surface area (Å²) in [6.07, 6.45) is 0. The molecular weight excluding hydrogens is 272 g/mol. The number of nitrogens with zero attached hydrogens (tertiary/aromatic N) is 1. The van der Waals surface area contributed by atoms with Gasteiger partial charge in [-0.25, -0.2) is 12.7 Å². The average molecular weight is 298 g/mol. The van der Waals surface area contributed by atoms with Crippen molar-refractivity contribution < 1.29 is 8.42 Å². The number of hydrogen-bond donors (Lipinski definition) is 1. The first-order chi connectivity index (χ1) is 9.20. The second kappa shape index (κ2) is 6.59. The summed E-state index contributed by atoms with van der Waals surface area (Å²) in [5.74, 6) is 0.302. The van der Waals surface area contributed by atoms with E-state index in [0.717, 1.165) is 23.4 Å². The van der Waals surface area contributed by atoms with Crippen LogP contribution in [0.15, 0.2) is 17.0 Å². The Morgan fingerprint density at radius 1 is 1.20 bits per heavy atom. The standard InChI is InChI=1S/C15H26N2O2S/c1-7-16-14-8-12(4)15(13(5)9-14)20(18,19)17(6)10-11(2)3/h8-9,11,16H,7,10H2,1-6H3. The van der Waals surface area contributed by atoms with Crippen LogP contribution in [0.4, 0.5) is 5.69 Å². The van der Waals surface area contributed by atoms with Crippen molar-refractivity contribution in [3.63, 3.8) is 0 Å². The first kappa shape index (κ1) is 17.0. The Morgan fingerprint density at radius 2 is 1.70 bits per heavy atom. The van der Waals surface area contributed by atoms with Gasteiger partial charge in [-0.1, -0.05) is 13.8 Å². The van der Waals surface area contributed by atoms with Crippen LogP contribution in [0.25, 0.3) is 0 Å². The van der Waals surface area contributed by atoms with Gasteiger partial charge in [-0.3, -0.25) is 0 Å². The van der Waals surface area contributed by atoms with Crippen molar-refractivity contribution >= 4 is 15.7 Å². The molecule has 1 N–H and O–H groups in total. The highest BCUT2D eigenvalue weighted by molar-refractivity contribution is 7.89. The molecular formula is C15H26N2O2S. The van der Waals surface area contributed by atoms with Crippen LogP contribution in [0.2, 0.25) is 0 Å². The Bertz CT molecular complexity index is 542. The molecule has 0 aromatic heterocycles. The van der Waals surface area contributed by atoms with E-state index in [0.29, 0.717) is 17.4 Å². The molecule has 0 saturated carbocycles. The molecule has 1 rings (SSSR count). The van der Waals surface area contributed by atoms with E-state index in [9.17, 15) is 8.42 Å². The van der Waals surface area contributed by atoms with Gasteiger partial charge >= 0.3 is 0 Å². The van der Waals surface area contributed by atoms with Crippen molar-refractivity contribution in [2.24, 2.45) is 5.92 Å². The topological polar surface area (TPSA) is 49.4 Å². The third-order valence-corrected chi connectivity index (χ3v) is 5.26. The second-order valence-electron chi connectivity index (χ2n) is 5.65. The third-order valence-electron chi connectivity index (χ3n) is 3.13. The molecule has 5 heteroatoms. The summed E-state index contributed by atoms with van der Waals surface area (Å²) >= 11 is 0. The summed E-state index contributed by atoms with van der Waals surface area (Å²) < 4.78 is 26.8. The van der Waals surface area contributed by atoms with Crippen LogP contribution < -0.4 is 5.32 Å². The molecule has 0 aliphatic carbocycles. The van der Waals surface area contributed by atoms with Gasteiger partial charge in [0.2, 0.25) is 10.0 Å². The first-order valence-electron chi connectivity index (χ1n) is 7.01. The highest BCUT2D eigenvalue weighted by Crippen LogP contribution is 2.27. The van der Waals surface area contributed by atoms with Gasteiger partial charge < -0.3 is 5.32 Å². The molecule has 0 fully saturated rings. The van der Waals surface area contributed by atoms with Crippen molar-refractivity contribution in [2.75, 3.05) is 25.5 Å². The van der Waals surface area contributed by atoms with Crippen LogP contribution in [-0.4, -0.2) is 32.9 Å². The molecule has 0 radical (unpaired) electrons. The summed E-state index contributed by atoms with van der Waals surface area (Å²) in [4.78, 5) is 0.433. The Hall–Kier alpha value is -1.07. The SMILES string of the molecule is CCNc1cc(C)c(S(=O)(=O)N(C)CC(C)C)c(C)c1. The molecule has 4 nitrogen and oxygen atoms in total. The molecule has 0 heterocycles. The maximum Gasteiger partial charge on any atom is 0.243 e. The zero-order valence-electron chi connectivity index (χ0n) is 13.3. The summed E-state index contributed by atoms with van der Waals surface area (Å²) in [7, 11) is -1.78. The summed E-state index contributed by atoms with van der Waals surface area (Å²) in [5, 5.41) is 3.22. The smallest absolute Gasteiger partial charge is 0.243 e. The number of benzene rings is 1. The first-order valence-corrected chi connectivity index (χ1v) is 8.45. The molecule has 0 amide bonds. The fourth-order valence-corrected chi connectivity index (χ4v) is 4.17.